The summed E-state index contributed by atoms with van der Waals surface area (Å²) < 4.78 is 11.1. The van der Waals surface area contributed by atoms with Gasteiger partial charge in [0.1, 0.15) is 11.5 Å². The van der Waals surface area contributed by atoms with Gasteiger partial charge in [0.05, 0.1) is 23.8 Å². The summed E-state index contributed by atoms with van der Waals surface area (Å²) in [6, 6.07) is 6.94. The molecule has 1 saturated carbocycles. The molecule has 1 unspecified atom stereocenters. The van der Waals surface area contributed by atoms with Gasteiger partial charge < -0.3 is 19.6 Å². The number of aliphatic hydroxyl groups excluding tert-OH is 1. The summed E-state index contributed by atoms with van der Waals surface area (Å²) in [5.74, 6) is 0.462. The van der Waals surface area contributed by atoms with Crippen LogP contribution in [0.25, 0.3) is 0 Å². The number of benzene rings is 1. The third-order valence-corrected chi connectivity index (χ3v) is 6.00. The number of amides is 1. The first-order valence-electron chi connectivity index (χ1n) is 10.3. The molecule has 0 saturated heterocycles. The van der Waals surface area contributed by atoms with Gasteiger partial charge in [-0.2, -0.15) is 0 Å². The highest BCUT2D eigenvalue weighted by molar-refractivity contribution is 6.32. The fraction of sp³-hybridized carbons (Fsp3) is 0.478. The summed E-state index contributed by atoms with van der Waals surface area (Å²) in [5.41, 5.74) is 1.21. The Bertz CT molecular complexity index is 914. The monoisotopic (exact) mass is 433 g/mol. The first kappa shape index (κ1) is 22.4. The zero-order valence-corrected chi connectivity index (χ0v) is 18.3. The van der Waals surface area contributed by atoms with Crippen LogP contribution in [0.5, 0.6) is 5.75 Å². The van der Waals surface area contributed by atoms with Gasteiger partial charge in [-0.25, -0.2) is 0 Å². The first-order valence-corrected chi connectivity index (χ1v) is 10.7. The van der Waals surface area contributed by atoms with Crippen LogP contribution in [0, 0.1) is 0 Å². The minimum Gasteiger partial charge on any atom is -0.495 e. The number of halogens is 1. The Hall–Kier alpha value is -2.31. The molecule has 1 aromatic heterocycles. The van der Waals surface area contributed by atoms with Gasteiger partial charge in [0, 0.05) is 24.4 Å². The molecule has 30 heavy (non-hydrogen) atoms. The predicted molar refractivity (Wildman–Crippen MR) is 115 cm³/mol. The number of carbonyl (C=O) groups excluding carboxylic acids is 2. The van der Waals surface area contributed by atoms with Crippen molar-refractivity contribution in [3.05, 3.63) is 51.9 Å². The Morgan fingerprint density at radius 3 is 2.57 bits per heavy atom. The summed E-state index contributed by atoms with van der Waals surface area (Å²) >= 11 is 6.27. The van der Waals surface area contributed by atoms with E-state index in [2.05, 4.69) is 5.32 Å². The number of Topliss-reactive ketones (excluding diaryl/α,β-unsaturated/α-hetero) is 1. The molecule has 2 aromatic rings. The molecular weight excluding hydrogens is 406 g/mol. The summed E-state index contributed by atoms with van der Waals surface area (Å²) in [6.07, 6.45) is 2.79. The van der Waals surface area contributed by atoms with Crippen molar-refractivity contribution >= 4 is 23.3 Å². The third-order valence-electron chi connectivity index (χ3n) is 5.70. The maximum Gasteiger partial charge on any atom is 0.255 e. The van der Waals surface area contributed by atoms with E-state index in [0.29, 0.717) is 34.9 Å². The second-order valence-electron chi connectivity index (χ2n) is 7.76. The minimum absolute atomic E-state index is 0.000265. The Labute approximate surface area is 181 Å². The normalized spacial score (nSPS) is 19.9. The topological polar surface area (TPSA) is 88.8 Å². The van der Waals surface area contributed by atoms with Crippen LogP contribution < -0.4 is 10.1 Å². The van der Waals surface area contributed by atoms with Crippen molar-refractivity contribution in [2.75, 3.05) is 7.11 Å². The lowest BCUT2D eigenvalue weighted by molar-refractivity contribution is 0.0865. The molecule has 1 atom stereocenters. The second kappa shape index (κ2) is 9.67. The molecule has 1 fully saturated rings. The van der Waals surface area contributed by atoms with Crippen molar-refractivity contribution in [3.8, 4) is 5.75 Å². The summed E-state index contributed by atoms with van der Waals surface area (Å²) in [7, 11) is 1.55. The number of methoxy groups -OCH3 is 1. The maximum atomic E-state index is 13.1. The van der Waals surface area contributed by atoms with Crippen molar-refractivity contribution in [3.63, 3.8) is 0 Å². The number of rotatable bonds is 7. The van der Waals surface area contributed by atoms with Gasteiger partial charge in [-0.15, -0.1) is 0 Å². The number of ketones is 1. The van der Waals surface area contributed by atoms with Gasteiger partial charge in [0.15, 0.2) is 11.5 Å². The molecule has 0 radical (unpaired) electrons. The average molecular weight is 434 g/mol. The van der Waals surface area contributed by atoms with Gasteiger partial charge in [0.25, 0.3) is 5.91 Å². The SMILES string of the molecule is CCC(=O)c1cc(C(=O)NC2CCC(O)CC2)c(C(C)c2ccc(OC)c(Cl)c2)o1. The third kappa shape index (κ3) is 4.87. The minimum atomic E-state index is -0.295. The zero-order valence-electron chi connectivity index (χ0n) is 17.5. The number of carbonyl (C=O) groups is 2. The number of hydrogen-bond donors (Lipinski definition) is 2. The molecular formula is C23H28ClNO5. The van der Waals surface area contributed by atoms with Gasteiger partial charge >= 0.3 is 0 Å². The number of ether oxygens (including phenoxy) is 1. The van der Waals surface area contributed by atoms with Crippen LogP contribution >= 0.6 is 11.6 Å². The van der Waals surface area contributed by atoms with E-state index in [0.717, 1.165) is 18.4 Å². The van der Waals surface area contributed by atoms with Crippen LogP contribution in [0.4, 0.5) is 0 Å². The van der Waals surface area contributed by atoms with E-state index in [1.807, 2.05) is 13.0 Å². The van der Waals surface area contributed by atoms with Crippen LogP contribution in [-0.4, -0.2) is 36.1 Å². The predicted octanol–water partition coefficient (Wildman–Crippen LogP) is 4.72. The molecule has 1 aliphatic carbocycles. The molecule has 1 heterocycles. The first-order chi connectivity index (χ1) is 14.3. The quantitative estimate of drug-likeness (QED) is 0.617. The van der Waals surface area contributed by atoms with Crippen molar-refractivity contribution in [2.24, 2.45) is 0 Å². The van der Waals surface area contributed by atoms with E-state index in [4.69, 9.17) is 20.8 Å². The smallest absolute Gasteiger partial charge is 0.255 e. The van der Waals surface area contributed by atoms with Crippen molar-refractivity contribution in [1.29, 1.82) is 0 Å². The molecule has 0 spiro atoms. The molecule has 0 bridgehead atoms. The van der Waals surface area contributed by atoms with E-state index in [-0.39, 0.29) is 41.9 Å². The van der Waals surface area contributed by atoms with Gasteiger partial charge in [0.2, 0.25) is 0 Å². The Kier molecular flexibility index (Phi) is 7.21. The molecule has 6 nitrogen and oxygen atoms in total. The largest absolute Gasteiger partial charge is 0.495 e. The summed E-state index contributed by atoms with van der Waals surface area (Å²) in [5, 5.41) is 13.2. The number of furan rings is 1. The summed E-state index contributed by atoms with van der Waals surface area (Å²) in [4.78, 5) is 25.3. The molecule has 2 N–H and O–H groups in total. The van der Waals surface area contributed by atoms with Crippen molar-refractivity contribution in [1.82, 2.24) is 5.32 Å². The van der Waals surface area contributed by atoms with E-state index in [1.54, 1.807) is 26.2 Å². The second-order valence-corrected chi connectivity index (χ2v) is 8.17. The van der Waals surface area contributed by atoms with Gasteiger partial charge in [-0.05, 0) is 43.4 Å². The molecule has 162 valence electrons. The highest BCUT2D eigenvalue weighted by Crippen LogP contribution is 2.34. The fourth-order valence-corrected chi connectivity index (χ4v) is 4.07. The highest BCUT2D eigenvalue weighted by atomic mass is 35.5. The Morgan fingerprint density at radius 2 is 1.97 bits per heavy atom. The molecule has 1 amide bonds. The van der Waals surface area contributed by atoms with Crippen LogP contribution in [0.3, 0.4) is 0 Å². The lowest BCUT2D eigenvalue weighted by Crippen LogP contribution is -2.38. The molecule has 3 rings (SSSR count). The van der Waals surface area contributed by atoms with E-state index in [9.17, 15) is 14.7 Å². The standard InChI is InChI=1S/C23H28ClNO5/c1-4-19(27)21-12-17(23(28)25-15-6-8-16(26)9-7-15)22(30-21)13(2)14-5-10-20(29-3)18(24)11-14/h5,10-13,15-16,26H,4,6-9H2,1-3H3,(H,25,28). The Balaban J connectivity index is 1.90. The molecule has 1 aliphatic rings. The lowest BCUT2D eigenvalue weighted by atomic mass is 9.92. The maximum absolute atomic E-state index is 13.1. The lowest BCUT2D eigenvalue weighted by Gasteiger charge is -2.26. The van der Waals surface area contributed by atoms with Crippen molar-refractivity contribution < 1.29 is 23.8 Å². The van der Waals surface area contributed by atoms with Gasteiger partial charge in [-0.1, -0.05) is 31.5 Å². The number of nitrogens with one attached hydrogen (secondary N) is 1. The molecule has 1 aromatic carbocycles. The zero-order chi connectivity index (χ0) is 21.8. The van der Waals surface area contributed by atoms with E-state index < -0.39 is 0 Å². The Morgan fingerprint density at radius 1 is 1.27 bits per heavy atom. The van der Waals surface area contributed by atoms with E-state index in [1.165, 1.54) is 6.07 Å². The van der Waals surface area contributed by atoms with Crippen LogP contribution in [0.1, 0.15) is 84.1 Å². The highest BCUT2D eigenvalue weighted by Gasteiger charge is 2.28. The van der Waals surface area contributed by atoms with Crippen LogP contribution in [0.2, 0.25) is 5.02 Å². The summed E-state index contributed by atoms with van der Waals surface area (Å²) in [6.45, 7) is 3.66. The van der Waals surface area contributed by atoms with Gasteiger partial charge in [-0.3, -0.25) is 9.59 Å². The molecule has 7 heteroatoms. The van der Waals surface area contributed by atoms with Crippen LogP contribution in [-0.2, 0) is 0 Å². The number of aliphatic hydroxyl groups is 1. The van der Waals surface area contributed by atoms with E-state index >= 15 is 0 Å². The van der Waals surface area contributed by atoms with Crippen LogP contribution in [0.15, 0.2) is 28.7 Å². The molecule has 0 aliphatic heterocycles. The average Bonchev–Trinajstić information content (AvgIpc) is 3.20. The fourth-order valence-electron chi connectivity index (χ4n) is 3.80. The van der Waals surface area contributed by atoms with Crippen molar-refractivity contribution in [2.45, 2.75) is 64.0 Å². The number of hydrogen-bond acceptors (Lipinski definition) is 5.